The molecule has 1 aliphatic heterocycles. The Morgan fingerprint density at radius 2 is 1.76 bits per heavy atom. The van der Waals surface area contributed by atoms with Gasteiger partial charge in [0, 0.05) is 44.1 Å². The molecule has 1 aromatic carbocycles. The summed E-state index contributed by atoms with van der Waals surface area (Å²) in [6.45, 7) is 3.75. The molecular formula is C20H28N4O. The molecule has 3 rings (SSSR count). The molecular weight excluding hydrogens is 312 g/mol. The number of aliphatic hydroxyl groups excluding tert-OH is 1. The van der Waals surface area contributed by atoms with Crippen molar-refractivity contribution < 1.29 is 5.11 Å². The van der Waals surface area contributed by atoms with Crippen LogP contribution in [0.4, 0.5) is 5.95 Å². The van der Waals surface area contributed by atoms with Gasteiger partial charge in [-0.15, -0.1) is 0 Å². The molecule has 134 valence electrons. The van der Waals surface area contributed by atoms with Gasteiger partial charge in [0.2, 0.25) is 5.95 Å². The standard InChI is InChI=1S/C20H28N4O/c1-23(13-10-19(25)18-8-4-2-5-9-18)16-17-14-21-20(22-15-17)24-11-6-3-7-12-24/h2,4-5,8-9,14-15,19,25H,3,6-7,10-13,16H2,1H3/t19-/m0/s1. The Bertz CT molecular complexity index is 626. The van der Waals surface area contributed by atoms with Gasteiger partial charge in [-0.25, -0.2) is 9.97 Å². The van der Waals surface area contributed by atoms with Crippen LogP contribution in [0.1, 0.15) is 42.9 Å². The van der Waals surface area contributed by atoms with Crippen molar-refractivity contribution in [1.82, 2.24) is 14.9 Å². The molecule has 0 saturated carbocycles. The minimum atomic E-state index is -0.415. The summed E-state index contributed by atoms with van der Waals surface area (Å²) >= 11 is 0. The van der Waals surface area contributed by atoms with Gasteiger partial charge in [-0.3, -0.25) is 0 Å². The lowest BCUT2D eigenvalue weighted by Crippen LogP contribution is -2.31. The number of aliphatic hydroxyl groups is 1. The maximum atomic E-state index is 10.3. The Balaban J connectivity index is 1.46. The summed E-state index contributed by atoms with van der Waals surface area (Å²) in [5, 5.41) is 10.3. The molecule has 5 heteroatoms. The Morgan fingerprint density at radius 3 is 2.44 bits per heavy atom. The minimum Gasteiger partial charge on any atom is -0.388 e. The van der Waals surface area contributed by atoms with Crippen molar-refractivity contribution in [3.8, 4) is 0 Å². The molecule has 1 aromatic heterocycles. The van der Waals surface area contributed by atoms with Crippen molar-refractivity contribution in [3.63, 3.8) is 0 Å². The van der Waals surface area contributed by atoms with E-state index < -0.39 is 6.10 Å². The lowest BCUT2D eigenvalue weighted by atomic mass is 10.1. The fraction of sp³-hybridized carbons (Fsp3) is 0.500. The van der Waals surface area contributed by atoms with Crippen LogP contribution in [0.25, 0.3) is 0 Å². The number of benzene rings is 1. The molecule has 0 aliphatic carbocycles. The minimum absolute atomic E-state index is 0.415. The summed E-state index contributed by atoms with van der Waals surface area (Å²) < 4.78 is 0. The van der Waals surface area contributed by atoms with Crippen LogP contribution in [0.3, 0.4) is 0 Å². The van der Waals surface area contributed by atoms with Gasteiger partial charge in [0.25, 0.3) is 0 Å². The number of nitrogens with zero attached hydrogens (tertiary/aromatic N) is 4. The number of aromatic nitrogens is 2. The Kier molecular flexibility index (Phi) is 6.36. The summed E-state index contributed by atoms with van der Waals surface area (Å²) in [6.07, 6.45) is 7.94. The van der Waals surface area contributed by atoms with Crippen molar-refractivity contribution in [3.05, 3.63) is 53.9 Å². The SMILES string of the molecule is CN(CC[C@H](O)c1ccccc1)Cc1cnc(N2CCCCC2)nc1. The van der Waals surface area contributed by atoms with Gasteiger partial charge < -0.3 is 14.9 Å². The van der Waals surface area contributed by atoms with Crippen molar-refractivity contribution >= 4 is 5.95 Å². The van der Waals surface area contributed by atoms with Crippen LogP contribution in [0, 0.1) is 0 Å². The fourth-order valence-electron chi connectivity index (χ4n) is 3.26. The summed E-state index contributed by atoms with van der Waals surface area (Å²) in [7, 11) is 2.07. The first-order valence-corrected chi connectivity index (χ1v) is 9.20. The highest BCUT2D eigenvalue weighted by Crippen LogP contribution is 2.17. The molecule has 0 amide bonds. The van der Waals surface area contributed by atoms with E-state index in [-0.39, 0.29) is 0 Å². The van der Waals surface area contributed by atoms with Crippen LogP contribution in [0.15, 0.2) is 42.7 Å². The van der Waals surface area contributed by atoms with Gasteiger partial charge in [0.1, 0.15) is 0 Å². The van der Waals surface area contributed by atoms with E-state index in [0.717, 1.165) is 43.3 Å². The first-order chi connectivity index (χ1) is 12.2. The zero-order valence-electron chi connectivity index (χ0n) is 15.0. The number of piperidine rings is 1. The van der Waals surface area contributed by atoms with E-state index in [1.54, 1.807) is 0 Å². The number of hydrogen-bond donors (Lipinski definition) is 1. The second-order valence-electron chi connectivity index (χ2n) is 6.89. The molecule has 0 spiro atoms. The molecule has 0 unspecified atom stereocenters. The normalized spacial score (nSPS) is 16.2. The van der Waals surface area contributed by atoms with E-state index in [0.29, 0.717) is 6.42 Å². The average molecular weight is 340 g/mol. The number of hydrogen-bond acceptors (Lipinski definition) is 5. The van der Waals surface area contributed by atoms with E-state index in [1.807, 2.05) is 42.7 Å². The van der Waals surface area contributed by atoms with Crippen LogP contribution in [-0.2, 0) is 6.54 Å². The monoisotopic (exact) mass is 340 g/mol. The van der Waals surface area contributed by atoms with Gasteiger partial charge in [-0.1, -0.05) is 30.3 Å². The van der Waals surface area contributed by atoms with Gasteiger partial charge in [0.15, 0.2) is 0 Å². The summed E-state index contributed by atoms with van der Waals surface area (Å²) in [6, 6.07) is 9.83. The highest BCUT2D eigenvalue weighted by Gasteiger charge is 2.13. The maximum Gasteiger partial charge on any atom is 0.225 e. The lowest BCUT2D eigenvalue weighted by Gasteiger charge is -2.26. The van der Waals surface area contributed by atoms with Crippen molar-refractivity contribution in [2.24, 2.45) is 0 Å². The Hall–Kier alpha value is -1.98. The Morgan fingerprint density at radius 1 is 1.08 bits per heavy atom. The number of anilines is 1. The molecule has 1 saturated heterocycles. The second-order valence-corrected chi connectivity index (χ2v) is 6.89. The molecule has 5 nitrogen and oxygen atoms in total. The smallest absolute Gasteiger partial charge is 0.225 e. The van der Waals surface area contributed by atoms with E-state index in [4.69, 9.17) is 0 Å². The predicted octanol–water partition coefficient (Wildman–Crippen LogP) is 3.02. The van der Waals surface area contributed by atoms with Crippen LogP contribution in [0.2, 0.25) is 0 Å². The summed E-state index contributed by atoms with van der Waals surface area (Å²) in [5.74, 6) is 0.852. The van der Waals surface area contributed by atoms with E-state index in [9.17, 15) is 5.11 Å². The largest absolute Gasteiger partial charge is 0.388 e. The van der Waals surface area contributed by atoms with Crippen LogP contribution >= 0.6 is 0 Å². The van der Waals surface area contributed by atoms with E-state index >= 15 is 0 Å². The average Bonchev–Trinajstić information content (AvgIpc) is 2.68. The molecule has 25 heavy (non-hydrogen) atoms. The first-order valence-electron chi connectivity index (χ1n) is 9.20. The molecule has 1 atom stereocenters. The summed E-state index contributed by atoms with van der Waals surface area (Å²) in [5.41, 5.74) is 2.09. The summed E-state index contributed by atoms with van der Waals surface area (Å²) in [4.78, 5) is 13.5. The molecule has 2 heterocycles. The third-order valence-electron chi connectivity index (χ3n) is 4.75. The van der Waals surface area contributed by atoms with E-state index in [1.165, 1.54) is 19.3 Å². The molecule has 1 N–H and O–H groups in total. The van der Waals surface area contributed by atoms with Gasteiger partial charge >= 0.3 is 0 Å². The molecule has 0 radical (unpaired) electrons. The molecule has 2 aromatic rings. The van der Waals surface area contributed by atoms with Gasteiger partial charge in [-0.05, 0) is 38.3 Å². The van der Waals surface area contributed by atoms with E-state index in [2.05, 4.69) is 26.8 Å². The van der Waals surface area contributed by atoms with Crippen LogP contribution in [-0.4, -0.2) is 46.7 Å². The zero-order valence-corrected chi connectivity index (χ0v) is 15.0. The Labute approximate surface area is 150 Å². The van der Waals surface area contributed by atoms with Crippen molar-refractivity contribution in [2.45, 2.75) is 38.3 Å². The lowest BCUT2D eigenvalue weighted by molar-refractivity contribution is 0.147. The van der Waals surface area contributed by atoms with Crippen molar-refractivity contribution in [1.29, 1.82) is 0 Å². The van der Waals surface area contributed by atoms with Gasteiger partial charge in [0.05, 0.1) is 6.10 Å². The maximum absolute atomic E-state index is 10.3. The molecule has 1 aliphatic rings. The van der Waals surface area contributed by atoms with Crippen LogP contribution in [0.5, 0.6) is 0 Å². The van der Waals surface area contributed by atoms with Gasteiger partial charge in [-0.2, -0.15) is 0 Å². The quantitative estimate of drug-likeness (QED) is 0.840. The fourth-order valence-corrected chi connectivity index (χ4v) is 3.26. The first kappa shape index (κ1) is 17.8. The topological polar surface area (TPSA) is 52.5 Å². The predicted molar refractivity (Wildman–Crippen MR) is 100 cm³/mol. The molecule has 1 fully saturated rings. The highest BCUT2D eigenvalue weighted by molar-refractivity contribution is 5.30. The third-order valence-corrected chi connectivity index (χ3v) is 4.75. The molecule has 0 bridgehead atoms. The third kappa shape index (κ3) is 5.25. The van der Waals surface area contributed by atoms with Crippen molar-refractivity contribution in [2.75, 3.05) is 31.6 Å². The van der Waals surface area contributed by atoms with Crippen LogP contribution < -0.4 is 4.90 Å². The number of rotatable bonds is 7. The highest BCUT2D eigenvalue weighted by atomic mass is 16.3. The zero-order chi connectivity index (χ0) is 17.5. The second kappa shape index (κ2) is 8.92.